The number of fused-ring (bicyclic) bond motifs is 2. The summed E-state index contributed by atoms with van der Waals surface area (Å²) >= 11 is 0. The molecule has 0 aliphatic rings. The summed E-state index contributed by atoms with van der Waals surface area (Å²) in [5, 5.41) is 1.95. The summed E-state index contributed by atoms with van der Waals surface area (Å²) in [6, 6.07) is 7.75. The van der Waals surface area contributed by atoms with Crippen LogP contribution in [0.25, 0.3) is 21.9 Å². The number of rotatable bonds is 4. The van der Waals surface area contributed by atoms with Gasteiger partial charge >= 0.3 is 5.69 Å². The summed E-state index contributed by atoms with van der Waals surface area (Å²) in [5.41, 5.74) is 0.463. The SMILES string of the molecule is CN(C)CCCN=c1c2ccccc2n(C)c2[nH]c(=O)[nH]c(=O)c12. The molecule has 3 aromatic rings. The third-order valence-corrected chi connectivity index (χ3v) is 4.05. The molecule has 0 aliphatic carbocycles. The molecule has 0 saturated carbocycles. The summed E-state index contributed by atoms with van der Waals surface area (Å²) in [4.78, 5) is 35.9. The van der Waals surface area contributed by atoms with Gasteiger partial charge in [-0.1, -0.05) is 18.2 Å². The van der Waals surface area contributed by atoms with Gasteiger partial charge in [0.05, 0.1) is 10.9 Å². The van der Waals surface area contributed by atoms with E-state index in [1.54, 1.807) is 0 Å². The van der Waals surface area contributed by atoms with Gasteiger partial charge in [-0.3, -0.25) is 19.8 Å². The van der Waals surface area contributed by atoms with Crippen molar-refractivity contribution in [1.82, 2.24) is 19.4 Å². The van der Waals surface area contributed by atoms with Crippen molar-refractivity contribution in [2.75, 3.05) is 27.2 Å². The minimum absolute atomic E-state index is 0.415. The molecule has 0 radical (unpaired) electrons. The molecule has 0 spiro atoms. The van der Waals surface area contributed by atoms with E-state index in [0.717, 1.165) is 23.9 Å². The lowest BCUT2D eigenvalue weighted by molar-refractivity contribution is 0.403. The zero-order chi connectivity index (χ0) is 17.3. The number of nitrogens with one attached hydrogen (secondary N) is 2. The Hall–Kier alpha value is -2.67. The first-order valence-corrected chi connectivity index (χ1v) is 7.88. The Morgan fingerprint density at radius 1 is 1.17 bits per heavy atom. The first kappa shape index (κ1) is 16.2. The van der Waals surface area contributed by atoms with E-state index in [9.17, 15) is 9.59 Å². The van der Waals surface area contributed by atoms with E-state index in [1.807, 2.05) is 50.0 Å². The van der Waals surface area contributed by atoms with Crippen LogP contribution in [-0.4, -0.2) is 46.6 Å². The number of para-hydroxylation sites is 1. The third kappa shape index (κ3) is 2.90. The highest BCUT2D eigenvalue weighted by molar-refractivity contribution is 5.90. The minimum Gasteiger partial charge on any atom is -0.330 e. The molecule has 126 valence electrons. The molecule has 2 heterocycles. The Labute approximate surface area is 138 Å². The normalized spacial score (nSPS) is 12.6. The molecule has 7 nitrogen and oxygen atoms in total. The lowest BCUT2D eigenvalue weighted by Gasteiger charge is -2.11. The largest absolute Gasteiger partial charge is 0.330 e. The van der Waals surface area contributed by atoms with Gasteiger partial charge in [0.2, 0.25) is 0 Å². The van der Waals surface area contributed by atoms with Gasteiger partial charge in [-0.25, -0.2) is 4.79 Å². The van der Waals surface area contributed by atoms with Crippen molar-refractivity contribution in [3.63, 3.8) is 0 Å². The van der Waals surface area contributed by atoms with E-state index in [2.05, 4.69) is 19.9 Å². The molecule has 0 fully saturated rings. The number of aromatic amines is 2. The predicted molar refractivity (Wildman–Crippen MR) is 95.3 cm³/mol. The van der Waals surface area contributed by atoms with Crippen LogP contribution >= 0.6 is 0 Å². The van der Waals surface area contributed by atoms with E-state index in [-0.39, 0.29) is 0 Å². The van der Waals surface area contributed by atoms with Crippen molar-refractivity contribution in [3.05, 3.63) is 50.5 Å². The first-order valence-electron chi connectivity index (χ1n) is 7.88. The maximum absolute atomic E-state index is 12.4. The number of nitrogens with zero attached hydrogens (tertiary/aromatic N) is 3. The molecule has 0 atom stereocenters. The van der Waals surface area contributed by atoms with Crippen molar-refractivity contribution in [1.29, 1.82) is 0 Å². The molecule has 1 aromatic carbocycles. The standard InChI is InChI=1S/C17H21N5O2/c1-21(2)10-6-9-18-14-11-7-4-5-8-12(11)22(3)15-13(14)16(23)20-17(24)19-15/h4-5,7-8H,6,9-10H2,1-3H3,(H2,19,20,23,24). The van der Waals surface area contributed by atoms with Crippen LogP contribution in [0.3, 0.4) is 0 Å². The lowest BCUT2D eigenvalue weighted by atomic mass is 10.1. The first-order chi connectivity index (χ1) is 11.5. The fraction of sp³-hybridized carbons (Fsp3) is 0.353. The second-order valence-electron chi connectivity index (χ2n) is 6.10. The second kappa shape index (κ2) is 6.45. The smallest absolute Gasteiger partial charge is 0.327 e. The topological polar surface area (TPSA) is 86.2 Å². The molecule has 0 aliphatic heterocycles. The minimum atomic E-state index is -0.517. The average Bonchev–Trinajstić information content (AvgIpc) is 2.54. The Morgan fingerprint density at radius 3 is 2.67 bits per heavy atom. The van der Waals surface area contributed by atoms with Gasteiger partial charge in [0.1, 0.15) is 11.0 Å². The van der Waals surface area contributed by atoms with E-state index in [0.29, 0.717) is 22.9 Å². The number of H-pyrrole nitrogens is 2. The molecular formula is C17H21N5O2. The summed E-state index contributed by atoms with van der Waals surface area (Å²) in [6.45, 7) is 1.54. The highest BCUT2D eigenvalue weighted by Crippen LogP contribution is 2.13. The van der Waals surface area contributed by atoms with E-state index >= 15 is 0 Å². The van der Waals surface area contributed by atoms with Crippen molar-refractivity contribution in [2.45, 2.75) is 6.42 Å². The summed E-state index contributed by atoms with van der Waals surface area (Å²) < 4.78 is 1.82. The van der Waals surface area contributed by atoms with Crippen LogP contribution in [0, 0.1) is 0 Å². The summed E-state index contributed by atoms with van der Waals surface area (Å²) in [7, 11) is 5.86. The van der Waals surface area contributed by atoms with E-state index in [1.165, 1.54) is 0 Å². The highest BCUT2D eigenvalue weighted by Gasteiger charge is 2.11. The van der Waals surface area contributed by atoms with Crippen LogP contribution in [0.1, 0.15) is 6.42 Å². The van der Waals surface area contributed by atoms with Crippen LogP contribution in [0.2, 0.25) is 0 Å². The predicted octanol–water partition coefficient (Wildman–Crippen LogP) is 0.560. The van der Waals surface area contributed by atoms with Gasteiger partial charge in [-0.15, -0.1) is 0 Å². The number of benzene rings is 1. The Balaban J connectivity index is 2.35. The van der Waals surface area contributed by atoms with Crippen LogP contribution < -0.4 is 16.6 Å². The zero-order valence-corrected chi connectivity index (χ0v) is 14.1. The van der Waals surface area contributed by atoms with Gasteiger partial charge < -0.3 is 9.47 Å². The summed E-state index contributed by atoms with van der Waals surface area (Å²) in [6.07, 6.45) is 0.894. The molecule has 2 aromatic heterocycles. The van der Waals surface area contributed by atoms with Gasteiger partial charge in [0, 0.05) is 19.0 Å². The quantitative estimate of drug-likeness (QED) is 0.542. The molecule has 3 rings (SSSR count). The van der Waals surface area contributed by atoms with E-state index < -0.39 is 11.2 Å². The van der Waals surface area contributed by atoms with Crippen LogP contribution in [0.4, 0.5) is 0 Å². The number of aryl methyl sites for hydroxylation is 1. The van der Waals surface area contributed by atoms with E-state index in [4.69, 9.17) is 0 Å². The van der Waals surface area contributed by atoms with Crippen molar-refractivity contribution in [2.24, 2.45) is 12.0 Å². The van der Waals surface area contributed by atoms with Crippen LogP contribution in [0.5, 0.6) is 0 Å². The van der Waals surface area contributed by atoms with Crippen molar-refractivity contribution >= 4 is 21.9 Å². The Morgan fingerprint density at radius 2 is 1.92 bits per heavy atom. The van der Waals surface area contributed by atoms with Gasteiger partial charge in [0.25, 0.3) is 5.56 Å². The fourth-order valence-electron chi connectivity index (χ4n) is 2.91. The molecular weight excluding hydrogens is 306 g/mol. The maximum atomic E-state index is 12.4. The Bertz CT molecular complexity index is 1070. The number of hydrogen-bond donors (Lipinski definition) is 2. The molecule has 0 bridgehead atoms. The number of aromatic nitrogens is 3. The van der Waals surface area contributed by atoms with Gasteiger partial charge in [-0.2, -0.15) is 0 Å². The fourth-order valence-corrected chi connectivity index (χ4v) is 2.91. The molecule has 0 saturated heterocycles. The monoisotopic (exact) mass is 327 g/mol. The van der Waals surface area contributed by atoms with Gasteiger partial charge in [-0.05, 0) is 33.1 Å². The van der Waals surface area contributed by atoms with Crippen molar-refractivity contribution in [3.8, 4) is 0 Å². The second-order valence-corrected chi connectivity index (χ2v) is 6.10. The highest BCUT2D eigenvalue weighted by atomic mass is 16.2. The maximum Gasteiger partial charge on any atom is 0.327 e. The third-order valence-electron chi connectivity index (χ3n) is 4.05. The summed E-state index contributed by atoms with van der Waals surface area (Å²) in [5.74, 6) is 0. The lowest BCUT2D eigenvalue weighted by Crippen LogP contribution is -2.29. The number of pyridine rings is 1. The van der Waals surface area contributed by atoms with Crippen LogP contribution in [-0.2, 0) is 7.05 Å². The molecule has 0 unspecified atom stereocenters. The molecule has 24 heavy (non-hydrogen) atoms. The molecule has 2 N–H and O–H groups in total. The van der Waals surface area contributed by atoms with Gasteiger partial charge in [0.15, 0.2) is 0 Å². The average molecular weight is 327 g/mol. The molecule has 0 amide bonds. The zero-order valence-electron chi connectivity index (χ0n) is 14.1. The Kier molecular flexibility index (Phi) is 4.35. The number of hydrogen-bond acceptors (Lipinski definition) is 4. The van der Waals surface area contributed by atoms with Crippen molar-refractivity contribution < 1.29 is 0 Å². The molecule has 7 heteroatoms. The van der Waals surface area contributed by atoms with Crippen LogP contribution in [0.15, 0.2) is 38.8 Å².